The highest BCUT2D eigenvalue weighted by Crippen LogP contribution is 2.53. The summed E-state index contributed by atoms with van der Waals surface area (Å²) in [4.78, 5) is 61.1. The zero-order valence-electron chi connectivity index (χ0n) is 95.7. The first-order valence-corrected chi connectivity index (χ1v) is 55.5. The second-order valence-electron chi connectivity index (χ2n) is 46.9. The summed E-state index contributed by atoms with van der Waals surface area (Å²) in [6.07, 6.45) is 9.79. The van der Waals surface area contributed by atoms with Crippen molar-refractivity contribution >= 4 is 133 Å². The van der Waals surface area contributed by atoms with Gasteiger partial charge in [0.15, 0.2) is 0 Å². The van der Waals surface area contributed by atoms with Gasteiger partial charge in [-0.2, -0.15) is 0 Å². The van der Waals surface area contributed by atoms with Crippen LogP contribution in [0, 0.1) is 41.5 Å². The van der Waals surface area contributed by atoms with Crippen molar-refractivity contribution < 1.29 is 0 Å². The highest BCUT2D eigenvalue weighted by Gasteiger charge is 2.36. The molecule has 0 saturated heterocycles. The van der Waals surface area contributed by atoms with Crippen molar-refractivity contribution in [2.45, 2.75) is 348 Å². The number of hydrogen-bond acceptors (Lipinski definition) is 6. The zero-order valence-corrected chi connectivity index (χ0v) is 95.7. The van der Waals surface area contributed by atoms with Gasteiger partial charge in [0, 0.05) is 66.5 Å². The SMILES string of the molecule is CCC1=C(C)c2nc1cc1[nH]c(c(C)c1CC)c(-c1ccc(-c3c4nc(cc5[nH]c(c(C)c5CC)c(-c5cc(C(C)(C)C)cc(C(C)(C)C)c5)c5nc(cc6[nH]c3c(C)c6CC)C(CC)=C5C)C(CC)=C4C)cc1)c1nc(cc3[nH]c(c(C)c3CC)c2-c2ccc(-c3c4nc(cc5[nH]c(c(C)c5CC)c(-c5cc(C(C)(C)C)cc(C(C)(C)C)c5)c5nc(cc6[nH]c3c(C)c6CC)C(CC)=C5C)C(CC)=C4C)cc2)C(CC)=C1C. The fourth-order valence-corrected chi connectivity index (χ4v) is 25.5. The molecule has 12 heteroatoms. The average Bonchev–Trinajstić information content (AvgIpc) is 1.59. The Morgan fingerprint density at radius 1 is 0.182 bits per heavy atom. The van der Waals surface area contributed by atoms with Crippen LogP contribution in [0.1, 0.15) is 404 Å². The van der Waals surface area contributed by atoms with E-state index in [2.05, 4.69) is 400 Å². The Morgan fingerprint density at radius 2 is 0.324 bits per heavy atom. The molecule has 0 radical (unpaired) electrons. The third kappa shape index (κ3) is 17.1. The lowest BCUT2D eigenvalue weighted by atomic mass is 9.78. The molecule has 15 heterocycles. The van der Waals surface area contributed by atoms with Crippen molar-refractivity contribution in [3.05, 3.63) is 279 Å². The zero-order chi connectivity index (χ0) is 106. The van der Waals surface area contributed by atoms with E-state index in [0.717, 1.165) is 267 Å². The summed E-state index contributed by atoms with van der Waals surface area (Å²) in [5.74, 6) is 0. The van der Waals surface area contributed by atoms with Gasteiger partial charge in [-0.3, -0.25) is 0 Å². The molecule has 6 N–H and O–H groups in total. The largest absolute Gasteiger partial charge is 0.354 e. The molecule has 13 aromatic rings. The Labute approximate surface area is 880 Å². The number of fused-ring (bicyclic) bond motifs is 24. The summed E-state index contributed by atoms with van der Waals surface area (Å²) in [5.41, 5.74) is 72.4. The lowest BCUT2D eigenvalue weighted by Gasteiger charge is -2.26. The van der Waals surface area contributed by atoms with Gasteiger partial charge in [-0.1, -0.05) is 251 Å². The van der Waals surface area contributed by atoms with E-state index < -0.39 is 0 Å². The van der Waals surface area contributed by atoms with Crippen molar-refractivity contribution in [3.8, 4) is 66.8 Å². The van der Waals surface area contributed by atoms with Crippen LogP contribution in [0.25, 0.3) is 200 Å². The highest BCUT2D eigenvalue weighted by atomic mass is 14.9. The molecule has 24 bridgehead atoms. The van der Waals surface area contributed by atoms with Gasteiger partial charge in [-0.05, 0) is 407 Å². The van der Waals surface area contributed by atoms with Gasteiger partial charge in [-0.25, -0.2) is 29.9 Å². The number of aromatic nitrogens is 12. The van der Waals surface area contributed by atoms with Crippen LogP contribution in [-0.2, 0) is 60.2 Å². The van der Waals surface area contributed by atoms with Gasteiger partial charge >= 0.3 is 0 Å². The Kier molecular flexibility index (Phi) is 27.0. The molecule has 762 valence electrons. The van der Waals surface area contributed by atoms with E-state index in [-0.39, 0.29) is 21.7 Å². The molecule has 0 fully saturated rings. The van der Waals surface area contributed by atoms with Crippen LogP contribution < -0.4 is 0 Å². The van der Waals surface area contributed by atoms with E-state index in [1.54, 1.807) is 0 Å². The Bertz CT molecular complexity index is 8010. The van der Waals surface area contributed by atoms with E-state index in [1.165, 1.54) is 167 Å². The second-order valence-corrected chi connectivity index (χ2v) is 46.9. The minimum absolute atomic E-state index is 0.0972. The maximum absolute atomic E-state index is 6.03. The third-order valence-corrected chi connectivity index (χ3v) is 34.3. The van der Waals surface area contributed by atoms with Crippen LogP contribution in [-0.4, -0.2) is 59.8 Å². The van der Waals surface area contributed by atoms with Crippen LogP contribution in [0.15, 0.2) is 121 Å². The summed E-state index contributed by atoms with van der Waals surface area (Å²) in [6.45, 7) is 83.5. The van der Waals surface area contributed by atoms with E-state index in [9.17, 15) is 0 Å². The monoisotopic (exact) mass is 1960 g/mol. The van der Waals surface area contributed by atoms with Crippen molar-refractivity contribution in [1.82, 2.24) is 59.8 Å². The first-order chi connectivity index (χ1) is 70.3. The van der Waals surface area contributed by atoms with E-state index in [4.69, 9.17) is 29.9 Å². The quantitative estimate of drug-likeness (QED) is 0.0499. The van der Waals surface area contributed by atoms with Crippen LogP contribution in [0.4, 0.5) is 0 Å². The minimum atomic E-state index is -0.0972. The molecular weight excluding hydrogens is 1800 g/mol. The molecule has 0 amide bonds. The molecule has 6 aliphatic rings. The molecule has 0 aliphatic carbocycles. The topological polar surface area (TPSA) is 172 Å². The van der Waals surface area contributed by atoms with Crippen molar-refractivity contribution in [2.24, 2.45) is 0 Å². The molecule has 0 spiro atoms. The number of allylic oxidation sites excluding steroid dienone is 12. The fourth-order valence-electron chi connectivity index (χ4n) is 25.5. The third-order valence-electron chi connectivity index (χ3n) is 34.3. The van der Waals surface area contributed by atoms with E-state index in [1.807, 2.05) is 0 Å². The van der Waals surface area contributed by atoms with Crippen LogP contribution >= 0.6 is 0 Å². The normalized spacial score (nSPS) is 14.0. The van der Waals surface area contributed by atoms with E-state index >= 15 is 0 Å². The Hall–Kier alpha value is -13.3. The molecule has 9 aromatic heterocycles. The number of H-pyrrole nitrogens is 6. The van der Waals surface area contributed by atoms with Gasteiger partial charge in [-0.15, -0.1) is 0 Å². The number of nitrogens with one attached hydrogen (secondary N) is 6. The van der Waals surface area contributed by atoms with Gasteiger partial charge in [0.1, 0.15) is 0 Å². The number of aryl methyl sites for hydroxylation is 12. The maximum atomic E-state index is 6.03. The number of hydrogen-bond donors (Lipinski definition) is 6. The molecule has 0 atom stereocenters. The standard InChI is InChI=1S/C136H158N12/c1-37-91-69(13)121-115(81-49-53-83(54-50-81)117-125-73(17)95(41-5)107(141-125)65-111-99(45-9)77(21)129(145-111)119(85-57-87(133(25,26)27)61-88(58-85)134(28,29)30)130-78(22)100(46-10)112(146-130)66-108-96(42-6)74(18)126(117)142-108)122-71(15)93(39-3)105(139-122)64-106-94(40-4)72(16)124(140-106)116(123-70(14)92(38-2)104(138-123)63-103(91)137-121)82-51-55-84(56-52-82)118-127-75(19)97(43-7)109(143-127)67-113-101(47-11)79(23)131(147-113)120(86-59-89(135(31,32)33)62-90(60-86)136(34,35)36)132-80(24)102(48-12)114(148-132)68-110-98(44-8)76(20)128(118)144-110/h49-68,137,140-141,143,146,148H,37-48H2,1-36H3. The lowest BCUT2D eigenvalue weighted by Crippen LogP contribution is -2.16. The number of benzene rings is 4. The Morgan fingerprint density at radius 3 is 0.453 bits per heavy atom. The van der Waals surface area contributed by atoms with Crippen molar-refractivity contribution in [2.75, 3.05) is 0 Å². The molecule has 4 aromatic carbocycles. The second kappa shape index (κ2) is 38.7. The maximum Gasteiger partial charge on any atom is 0.0769 e. The van der Waals surface area contributed by atoms with Gasteiger partial charge in [0.25, 0.3) is 0 Å². The van der Waals surface area contributed by atoms with Crippen LogP contribution in [0.5, 0.6) is 0 Å². The fraction of sp³-hybridized carbons (Fsp3) is 0.382. The average molecular weight is 1960 g/mol. The van der Waals surface area contributed by atoms with Crippen LogP contribution in [0.3, 0.4) is 0 Å². The van der Waals surface area contributed by atoms with Crippen molar-refractivity contribution in [1.29, 1.82) is 0 Å². The molecule has 0 unspecified atom stereocenters. The molecular formula is C136H158N12. The molecule has 6 aliphatic heterocycles. The van der Waals surface area contributed by atoms with Crippen LogP contribution in [0.2, 0.25) is 0 Å². The number of aromatic amines is 6. The molecule has 12 nitrogen and oxygen atoms in total. The van der Waals surface area contributed by atoms with Crippen molar-refractivity contribution in [3.63, 3.8) is 0 Å². The van der Waals surface area contributed by atoms with Gasteiger partial charge in [0.05, 0.1) is 101 Å². The predicted octanol–water partition coefficient (Wildman–Crippen LogP) is 38.0. The van der Waals surface area contributed by atoms with Gasteiger partial charge in [0.2, 0.25) is 0 Å². The lowest BCUT2D eigenvalue weighted by molar-refractivity contribution is 0.568. The summed E-state index contributed by atoms with van der Waals surface area (Å²) < 4.78 is 0. The highest BCUT2D eigenvalue weighted by molar-refractivity contribution is 6.10. The first kappa shape index (κ1) is 103. The first-order valence-electron chi connectivity index (χ1n) is 55.5. The summed E-state index contributed by atoms with van der Waals surface area (Å²) in [5, 5.41) is 0. The predicted molar refractivity (Wildman–Crippen MR) is 639 cm³/mol. The van der Waals surface area contributed by atoms with E-state index in [0.29, 0.717) is 0 Å². The van der Waals surface area contributed by atoms with Gasteiger partial charge < -0.3 is 29.9 Å². The molecule has 19 rings (SSSR count). The molecule has 0 saturated carbocycles. The minimum Gasteiger partial charge on any atom is -0.354 e. The summed E-state index contributed by atoms with van der Waals surface area (Å²) in [6, 6.07) is 47.8. The number of rotatable bonds is 18. The number of nitrogens with zero attached hydrogens (tertiary/aromatic N) is 6. The smallest absolute Gasteiger partial charge is 0.0769 e. The molecule has 148 heavy (non-hydrogen) atoms. The summed E-state index contributed by atoms with van der Waals surface area (Å²) >= 11 is 0. The Balaban J connectivity index is 0.817. The summed E-state index contributed by atoms with van der Waals surface area (Å²) in [7, 11) is 0.